The predicted molar refractivity (Wildman–Crippen MR) is 74.6 cm³/mol. The van der Waals surface area contributed by atoms with Crippen molar-refractivity contribution in [2.75, 3.05) is 7.11 Å². The van der Waals surface area contributed by atoms with Crippen LogP contribution in [0.25, 0.3) is 11.4 Å². The van der Waals surface area contributed by atoms with Crippen LogP contribution in [0.5, 0.6) is 0 Å². The highest BCUT2D eigenvalue weighted by Crippen LogP contribution is 2.29. The van der Waals surface area contributed by atoms with Crippen molar-refractivity contribution in [2.24, 2.45) is 0 Å². The summed E-state index contributed by atoms with van der Waals surface area (Å²) in [5, 5.41) is 4.46. The summed E-state index contributed by atoms with van der Waals surface area (Å²) < 4.78 is 41.5. The van der Waals surface area contributed by atoms with Crippen LogP contribution in [0.15, 0.2) is 28.8 Å². The normalized spacial score (nSPS) is 12.4. The Kier molecular flexibility index (Phi) is 6.91. The van der Waals surface area contributed by atoms with E-state index < -0.39 is 18.1 Å². The summed E-state index contributed by atoms with van der Waals surface area (Å²) in [6.07, 6.45) is -4.69. The summed E-state index contributed by atoms with van der Waals surface area (Å²) >= 11 is 0. The van der Waals surface area contributed by atoms with Crippen molar-refractivity contribution in [3.63, 3.8) is 0 Å². The highest BCUT2D eigenvalue weighted by Gasteiger charge is 2.38. The molecule has 2 rings (SSSR count). The zero-order valence-electron chi connectivity index (χ0n) is 13.4. The molecule has 0 radical (unpaired) electrons. The van der Waals surface area contributed by atoms with Crippen LogP contribution in [0.4, 0.5) is 13.2 Å². The first-order valence-corrected chi connectivity index (χ1v) is 6.91. The number of amides is 1. The quantitative estimate of drug-likeness (QED) is 0.623. The number of hydrogen-bond donors (Lipinski definition) is 1. The number of carbonyl (C=O) groups is 1. The minimum Gasteiger partial charge on any atom is -1.00 e. The monoisotopic (exact) mass is 380 g/mol. The number of quaternary nitrogens is 1. The zero-order chi connectivity index (χ0) is 17.9. The lowest BCUT2D eigenvalue weighted by Crippen LogP contribution is -3.00. The molecule has 3 N–H and O–H groups in total. The molecule has 0 saturated heterocycles. The minimum atomic E-state index is -4.69. The molecule has 1 amide bonds. The molecule has 7 nitrogen and oxygen atoms in total. The standard InChI is InChI=1S/C14H15F3N4O3.ClH/c1-8(18)12(22)21(23-2)7-9-3-5-10(6-4-9)11-19-13(24-20-11)14(15,16)17;/h3-6,8H,7,18H2,1-2H3;1H. The van der Waals surface area contributed by atoms with Crippen molar-refractivity contribution >= 4 is 5.91 Å². The van der Waals surface area contributed by atoms with Crippen LogP contribution in [0.1, 0.15) is 18.4 Å². The van der Waals surface area contributed by atoms with E-state index in [1.165, 1.54) is 19.2 Å². The zero-order valence-corrected chi connectivity index (χ0v) is 14.1. The van der Waals surface area contributed by atoms with Crippen LogP contribution in [-0.2, 0) is 22.4 Å². The fourth-order valence-electron chi connectivity index (χ4n) is 1.86. The fourth-order valence-corrected chi connectivity index (χ4v) is 1.86. The number of alkyl halides is 3. The lowest BCUT2D eigenvalue weighted by Gasteiger charge is -2.20. The molecule has 0 spiro atoms. The Morgan fingerprint density at radius 1 is 1.36 bits per heavy atom. The molecule has 11 heteroatoms. The summed E-state index contributed by atoms with van der Waals surface area (Å²) in [5.74, 6) is -1.85. The Hall–Kier alpha value is -2.17. The fraction of sp³-hybridized carbons (Fsp3) is 0.357. The van der Waals surface area contributed by atoms with E-state index in [-0.39, 0.29) is 30.7 Å². The van der Waals surface area contributed by atoms with Gasteiger partial charge in [-0.3, -0.25) is 9.63 Å². The van der Waals surface area contributed by atoms with Gasteiger partial charge in [-0.1, -0.05) is 29.4 Å². The maximum atomic E-state index is 12.5. The summed E-state index contributed by atoms with van der Waals surface area (Å²) in [4.78, 5) is 20.2. The molecule has 25 heavy (non-hydrogen) atoms. The van der Waals surface area contributed by atoms with Gasteiger partial charge in [0, 0.05) is 5.56 Å². The SMILES string of the molecule is CON(Cc1ccc(-c2noc(C(F)(F)F)n2)cc1)C(=O)C(C)[NH3+].[Cl-]. The number of nitrogens with zero attached hydrogens (tertiary/aromatic N) is 3. The molecule has 2 aromatic rings. The molecule has 0 aliphatic heterocycles. The number of aromatic nitrogens is 2. The highest BCUT2D eigenvalue weighted by atomic mass is 35.5. The summed E-state index contributed by atoms with van der Waals surface area (Å²) in [6, 6.07) is 5.86. The first kappa shape index (κ1) is 20.9. The first-order chi connectivity index (χ1) is 11.2. The third-order valence-corrected chi connectivity index (χ3v) is 3.09. The van der Waals surface area contributed by atoms with Crippen LogP contribution in [0.2, 0.25) is 0 Å². The third kappa shape index (κ3) is 5.15. The second-order valence-electron chi connectivity index (χ2n) is 5.08. The van der Waals surface area contributed by atoms with E-state index in [0.29, 0.717) is 11.1 Å². The molecule has 0 aliphatic carbocycles. The number of halogens is 4. The van der Waals surface area contributed by atoms with Gasteiger partial charge in [0.05, 0.1) is 13.7 Å². The average Bonchev–Trinajstić information content (AvgIpc) is 3.02. The molecule has 1 atom stereocenters. The molecule has 0 saturated carbocycles. The van der Waals surface area contributed by atoms with E-state index >= 15 is 0 Å². The van der Waals surface area contributed by atoms with Crippen molar-refractivity contribution in [3.05, 3.63) is 35.7 Å². The predicted octanol–water partition coefficient (Wildman–Crippen LogP) is -1.72. The maximum absolute atomic E-state index is 12.5. The lowest BCUT2D eigenvalue weighted by molar-refractivity contribution is -0.404. The Morgan fingerprint density at radius 2 is 1.96 bits per heavy atom. The topological polar surface area (TPSA) is 96.1 Å². The van der Waals surface area contributed by atoms with Crippen molar-refractivity contribution in [1.29, 1.82) is 0 Å². The molecule has 1 heterocycles. The molecule has 138 valence electrons. The van der Waals surface area contributed by atoms with Gasteiger partial charge in [-0.15, -0.1) is 0 Å². The van der Waals surface area contributed by atoms with Crippen molar-refractivity contribution < 1.29 is 45.5 Å². The Labute approximate surface area is 147 Å². The van der Waals surface area contributed by atoms with E-state index in [2.05, 4.69) is 20.4 Å². The van der Waals surface area contributed by atoms with Crippen molar-refractivity contribution in [2.45, 2.75) is 25.7 Å². The van der Waals surface area contributed by atoms with E-state index in [1.807, 2.05) is 0 Å². The van der Waals surface area contributed by atoms with E-state index in [4.69, 9.17) is 4.84 Å². The van der Waals surface area contributed by atoms with Crippen molar-refractivity contribution in [3.8, 4) is 11.4 Å². The smallest absolute Gasteiger partial charge is 0.471 e. The summed E-state index contributed by atoms with van der Waals surface area (Å²) in [6.45, 7) is 1.82. The van der Waals surface area contributed by atoms with Gasteiger partial charge < -0.3 is 22.7 Å². The van der Waals surface area contributed by atoms with Crippen LogP contribution < -0.4 is 18.1 Å². The molecule has 1 aromatic carbocycles. The summed E-state index contributed by atoms with van der Waals surface area (Å²) in [7, 11) is 1.37. The Balaban J connectivity index is 0.00000312. The number of hydrogen-bond acceptors (Lipinski definition) is 5. The second kappa shape index (κ2) is 8.28. The molecular formula is C14H16ClF3N4O3. The van der Waals surface area contributed by atoms with E-state index in [0.717, 1.165) is 5.06 Å². The van der Waals surface area contributed by atoms with Crippen LogP contribution in [-0.4, -0.2) is 34.3 Å². The lowest BCUT2D eigenvalue weighted by atomic mass is 10.1. The van der Waals surface area contributed by atoms with Gasteiger partial charge in [0.15, 0.2) is 6.04 Å². The van der Waals surface area contributed by atoms with Crippen LogP contribution in [0, 0.1) is 0 Å². The molecule has 0 fully saturated rings. The highest BCUT2D eigenvalue weighted by molar-refractivity contribution is 5.78. The number of benzene rings is 1. The third-order valence-electron chi connectivity index (χ3n) is 3.09. The first-order valence-electron chi connectivity index (χ1n) is 6.91. The van der Waals surface area contributed by atoms with Gasteiger partial charge in [-0.25, -0.2) is 5.06 Å². The Bertz CT molecular complexity index is 704. The van der Waals surface area contributed by atoms with Gasteiger partial charge in [0.1, 0.15) is 0 Å². The van der Waals surface area contributed by atoms with Crippen LogP contribution >= 0.6 is 0 Å². The van der Waals surface area contributed by atoms with Crippen molar-refractivity contribution in [1.82, 2.24) is 15.2 Å². The van der Waals surface area contributed by atoms with E-state index in [9.17, 15) is 18.0 Å². The average molecular weight is 381 g/mol. The number of carbonyl (C=O) groups excluding carboxylic acids is 1. The molecular weight excluding hydrogens is 365 g/mol. The molecule has 1 unspecified atom stereocenters. The molecule has 0 aliphatic rings. The number of hydroxylamine groups is 2. The van der Waals surface area contributed by atoms with Gasteiger partial charge in [-0.05, 0) is 12.5 Å². The Morgan fingerprint density at radius 3 is 2.40 bits per heavy atom. The summed E-state index contributed by atoms with van der Waals surface area (Å²) in [5.41, 5.74) is 4.71. The van der Waals surface area contributed by atoms with Crippen LogP contribution in [0.3, 0.4) is 0 Å². The van der Waals surface area contributed by atoms with E-state index in [1.54, 1.807) is 19.1 Å². The second-order valence-corrected chi connectivity index (χ2v) is 5.08. The molecule has 1 aromatic heterocycles. The van der Waals surface area contributed by atoms with Gasteiger partial charge in [0.2, 0.25) is 5.82 Å². The maximum Gasteiger partial charge on any atom is 0.471 e. The van der Waals surface area contributed by atoms with Gasteiger partial charge >= 0.3 is 18.0 Å². The minimum absolute atomic E-state index is 0. The van der Waals surface area contributed by atoms with Gasteiger partial charge in [0.25, 0.3) is 0 Å². The van der Waals surface area contributed by atoms with Gasteiger partial charge in [-0.2, -0.15) is 18.2 Å². The largest absolute Gasteiger partial charge is 1.00 e. The molecule has 0 bridgehead atoms. The number of rotatable bonds is 5.